The zero-order valence-electron chi connectivity index (χ0n) is 10.5. The molecule has 0 saturated carbocycles. The van der Waals surface area contributed by atoms with Crippen molar-refractivity contribution in [3.63, 3.8) is 0 Å². The highest BCUT2D eigenvalue weighted by Gasteiger charge is 2.33. The lowest BCUT2D eigenvalue weighted by Gasteiger charge is -2.37. The molecule has 90 valence electrons. The van der Waals surface area contributed by atoms with Crippen molar-refractivity contribution in [2.45, 2.75) is 25.3 Å². The van der Waals surface area contributed by atoms with E-state index >= 15 is 0 Å². The van der Waals surface area contributed by atoms with Gasteiger partial charge in [-0.15, -0.1) is 0 Å². The minimum atomic E-state index is -0.390. The van der Waals surface area contributed by atoms with E-state index in [9.17, 15) is 5.26 Å². The number of likely N-dealkylation sites (tertiary alicyclic amines) is 1. The van der Waals surface area contributed by atoms with E-state index in [0.717, 1.165) is 31.6 Å². The van der Waals surface area contributed by atoms with Crippen LogP contribution in [0.3, 0.4) is 0 Å². The van der Waals surface area contributed by atoms with E-state index in [1.54, 1.807) is 0 Å². The van der Waals surface area contributed by atoms with E-state index in [4.69, 9.17) is 0 Å². The molecule has 3 heteroatoms. The van der Waals surface area contributed by atoms with Gasteiger partial charge in [0.15, 0.2) is 0 Å². The first-order chi connectivity index (χ1) is 8.15. The van der Waals surface area contributed by atoms with Gasteiger partial charge in [-0.05, 0) is 38.4 Å². The van der Waals surface area contributed by atoms with Crippen LogP contribution < -0.4 is 5.32 Å². The van der Waals surface area contributed by atoms with Crippen molar-refractivity contribution >= 4 is 5.69 Å². The predicted octanol–water partition coefficient (Wildman–Crippen LogP) is 2.39. The number of aryl methyl sites for hydroxylation is 1. The Hall–Kier alpha value is -1.53. The van der Waals surface area contributed by atoms with E-state index in [0.29, 0.717) is 0 Å². The number of piperidine rings is 1. The fraction of sp³-hybridized carbons (Fsp3) is 0.500. The molecule has 0 amide bonds. The molecule has 1 aromatic carbocycles. The third-order valence-electron chi connectivity index (χ3n) is 3.57. The molecule has 17 heavy (non-hydrogen) atoms. The number of nitrogens with zero attached hydrogens (tertiary/aromatic N) is 2. The van der Waals surface area contributed by atoms with E-state index in [1.165, 1.54) is 5.56 Å². The van der Waals surface area contributed by atoms with Crippen molar-refractivity contribution < 1.29 is 0 Å². The average Bonchev–Trinajstić information content (AvgIpc) is 2.35. The monoisotopic (exact) mass is 229 g/mol. The van der Waals surface area contributed by atoms with Gasteiger partial charge in [0.2, 0.25) is 0 Å². The predicted molar refractivity (Wildman–Crippen MR) is 69.9 cm³/mol. The van der Waals surface area contributed by atoms with Crippen LogP contribution in [0.5, 0.6) is 0 Å². The van der Waals surface area contributed by atoms with Crippen LogP contribution in [0.1, 0.15) is 18.4 Å². The maximum Gasteiger partial charge on any atom is 0.127 e. The van der Waals surface area contributed by atoms with Crippen LogP contribution in [-0.2, 0) is 0 Å². The third-order valence-corrected chi connectivity index (χ3v) is 3.57. The Balaban J connectivity index is 2.16. The number of nitriles is 1. The molecular weight excluding hydrogens is 210 g/mol. The van der Waals surface area contributed by atoms with E-state index < -0.39 is 5.54 Å². The largest absolute Gasteiger partial charge is 0.367 e. The van der Waals surface area contributed by atoms with Crippen molar-refractivity contribution in [1.29, 1.82) is 5.26 Å². The van der Waals surface area contributed by atoms with Crippen molar-refractivity contribution in [2.24, 2.45) is 0 Å². The maximum atomic E-state index is 9.45. The van der Waals surface area contributed by atoms with Crippen molar-refractivity contribution in [3.05, 3.63) is 29.8 Å². The molecule has 2 rings (SSSR count). The molecule has 1 N–H and O–H groups in total. The first-order valence-electron chi connectivity index (χ1n) is 6.09. The van der Waals surface area contributed by atoms with Crippen LogP contribution in [0.15, 0.2) is 24.3 Å². The van der Waals surface area contributed by atoms with Crippen LogP contribution >= 0.6 is 0 Å². The van der Waals surface area contributed by atoms with Gasteiger partial charge in [0.25, 0.3) is 0 Å². The van der Waals surface area contributed by atoms with Crippen LogP contribution in [0, 0.1) is 18.3 Å². The Morgan fingerprint density at radius 3 is 2.53 bits per heavy atom. The van der Waals surface area contributed by atoms with Crippen LogP contribution in [0.4, 0.5) is 5.69 Å². The summed E-state index contributed by atoms with van der Waals surface area (Å²) in [5.41, 5.74) is 1.89. The molecule has 0 spiro atoms. The topological polar surface area (TPSA) is 39.1 Å². The molecule has 1 heterocycles. The molecule has 1 aromatic rings. The summed E-state index contributed by atoms with van der Waals surface area (Å²) in [6.45, 7) is 4.03. The van der Waals surface area contributed by atoms with E-state index in [-0.39, 0.29) is 0 Å². The molecule has 1 fully saturated rings. The minimum Gasteiger partial charge on any atom is -0.367 e. The second kappa shape index (κ2) is 4.77. The molecule has 0 bridgehead atoms. The van der Waals surface area contributed by atoms with Gasteiger partial charge in [-0.1, -0.05) is 18.2 Å². The fourth-order valence-electron chi connectivity index (χ4n) is 2.24. The van der Waals surface area contributed by atoms with Gasteiger partial charge in [0, 0.05) is 18.8 Å². The number of anilines is 1. The Bertz CT molecular complexity index is 425. The summed E-state index contributed by atoms with van der Waals surface area (Å²) < 4.78 is 0. The van der Waals surface area contributed by atoms with Gasteiger partial charge >= 0.3 is 0 Å². The molecular formula is C14H19N3. The van der Waals surface area contributed by atoms with Crippen molar-refractivity contribution in [2.75, 3.05) is 25.5 Å². The number of nitrogens with one attached hydrogen (secondary N) is 1. The quantitative estimate of drug-likeness (QED) is 0.846. The van der Waals surface area contributed by atoms with Crippen LogP contribution in [0.2, 0.25) is 0 Å². The summed E-state index contributed by atoms with van der Waals surface area (Å²) in [5, 5.41) is 12.9. The van der Waals surface area contributed by atoms with Gasteiger partial charge in [-0.3, -0.25) is 0 Å². The molecule has 0 aromatic heterocycles. The minimum absolute atomic E-state index is 0.390. The SMILES string of the molecule is Cc1ccccc1NC1(C#N)CCN(C)CC1. The molecule has 0 radical (unpaired) electrons. The maximum absolute atomic E-state index is 9.45. The average molecular weight is 229 g/mol. The zero-order valence-corrected chi connectivity index (χ0v) is 10.5. The summed E-state index contributed by atoms with van der Waals surface area (Å²) in [5.74, 6) is 0. The Morgan fingerprint density at radius 1 is 1.29 bits per heavy atom. The van der Waals surface area contributed by atoms with Gasteiger partial charge < -0.3 is 10.2 Å². The number of hydrogen-bond donors (Lipinski definition) is 1. The number of benzene rings is 1. The van der Waals surface area contributed by atoms with Crippen molar-refractivity contribution in [1.82, 2.24) is 4.90 Å². The first kappa shape index (κ1) is 11.9. The lowest BCUT2D eigenvalue weighted by atomic mass is 9.88. The lowest BCUT2D eigenvalue weighted by Crippen LogP contribution is -2.47. The fourth-order valence-corrected chi connectivity index (χ4v) is 2.24. The Labute approximate surface area is 103 Å². The summed E-state index contributed by atoms with van der Waals surface area (Å²) in [4.78, 5) is 2.27. The highest BCUT2D eigenvalue weighted by atomic mass is 15.1. The third kappa shape index (κ3) is 2.59. The molecule has 0 unspecified atom stereocenters. The number of hydrogen-bond acceptors (Lipinski definition) is 3. The number of rotatable bonds is 2. The highest BCUT2D eigenvalue weighted by molar-refractivity contribution is 5.53. The Morgan fingerprint density at radius 2 is 1.94 bits per heavy atom. The van der Waals surface area contributed by atoms with E-state index in [2.05, 4.69) is 36.3 Å². The number of para-hydroxylation sites is 1. The van der Waals surface area contributed by atoms with Gasteiger partial charge in [-0.25, -0.2) is 0 Å². The van der Waals surface area contributed by atoms with Crippen molar-refractivity contribution in [3.8, 4) is 6.07 Å². The smallest absolute Gasteiger partial charge is 0.127 e. The summed E-state index contributed by atoms with van der Waals surface area (Å²) in [6.07, 6.45) is 1.77. The lowest BCUT2D eigenvalue weighted by molar-refractivity contribution is 0.235. The summed E-state index contributed by atoms with van der Waals surface area (Å²) >= 11 is 0. The zero-order chi connectivity index (χ0) is 12.3. The van der Waals surface area contributed by atoms with Crippen LogP contribution in [-0.4, -0.2) is 30.6 Å². The first-order valence-corrected chi connectivity index (χ1v) is 6.09. The molecule has 0 atom stereocenters. The molecule has 1 saturated heterocycles. The van der Waals surface area contributed by atoms with Gasteiger partial charge in [0.1, 0.15) is 5.54 Å². The normalized spacial score (nSPS) is 19.6. The summed E-state index contributed by atoms with van der Waals surface area (Å²) in [6, 6.07) is 10.6. The van der Waals surface area contributed by atoms with Gasteiger partial charge in [0.05, 0.1) is 6.07 Å². The molecule has 3 nitrogen and oxygen atoms in total. The van der Waals surface area contributed by atoms with Gasteiger partial charge in [-0.2, -0.15) is 5.26 Å². The van der Waals surface area contributed by atoms with Crippen LogP contribution in [0.25, 0.3) is 0 Å². The molecule has 1 aliphatic heterocycles. The molecule has 0 aliphatic carbocycles. The highest BCUT2D eigenvalue weighted by Crippen LogP contribution is 2.27. The standard InChI is InChI=1S/C14H19N3/c1-12-5-3-4-6-13(12)16-14(11-15)7-9-17(2)10-8-14/h3-6,16H,7-10H2,1-2H3. The molecule has 1 aliphatic rings. The van der Waals surface area contributed by atoms with E-state index in [1.807, 2.05) is 18.2 Å². The Kier molecular flexibility index (Phi) is 3.35. The second-order valence-corrected chi connectivity index (χ2v) is 4.94. The summed E-state index contributed by atoms with van der Waals surface area (Å²) in [7, 11) is 2.11. The second-order valence-electron chi connectivity index (χ2n) is 4.94.